The third-order valence-electron chi connectivity index (χ3n) is 3.81. The minimum absolute atomic E-state index is 0.324. The predicted molar refractivity (Wildman–Crippen MR) is 98.3 cm³/mol. The second-order valence-corrected chi connectivity index (χ2v) is 6.42. The second kappa shape index (κ2) is 7.49. The Hall–Kier alpha value is -3.00. The van der Waals surface area contributed by atoms with Gasteiger partial charge in [-0.15, -0.1) is 0 Å². The molecule has 0 radical (unpaired) electrons. The number of hydrogen-bond donors (Lipinski definition) is 1. The molecule has 134 valence electrons. The lowest BCUT2D eigenvalue weighted by Crippen LogP contribution is -2.21. The molecule has 0 aliphatic carbocycles. The summed E-state index contributed by atoms with van der Waals surface area (Å²) in [4.78, 5) is 28.7. The van der Waals surface area contributed by atoms with Gasteiger partial charge in [-0.3, -0.25) is 4.79 Å². The Balaban J connectivity index is 2.04. The number of imidazole rings is 1. The van der Waals surface area contributed by atoms with Gasteiger partial charge in [0.05, 0.1) is 25.3 Å². The van der Waals surface area contributed by atoms with E-state index in [4.69, 9.17) is 15.2 Å². The van der Waals surface area contributed by atoms with E-state index in [9.17, 15) is 9.59 Å². The van der Waals surface area contributed by atoms with Crippen LogP contribution in [-0.4, -0.2) is 35.8 Å². The molecule has 1 aromatic heterocycles. The van der Waals surface area contributed by atoms with Gasteiger partial charge in [0.1, 0.15) is 11.0 Å². The maximum absolute atomic E-state index is 12.3. The van der Waals surface area contributed by atoms with E-state index < -0.39 is 17.3 Å². The maximum atomic E-state index is 12.3. The van der Waals surface area contributed by atoms with Gasteiger partial charge in [-0.1, -0.05) is 36.0 Å². The number of fused-ring (bicyclic) bond motifs is 1. The minimum atomic E-state index is -0.708. The number of primary amides is 1. The molecule has 0 aliphatic rings. The number of carbonyl (C=O) groups is 2. The number of benzene rings is 2. The van der Waals surface area contributed by atoms with Crippen LogP contribution in [0.1, 0.15) is 10.8 Å². The van der Waals surface area contributed by atoms with E-state index in [2.05, 4.69) is 4.98 Å². The smallest absolute Gasteiger partial charge is 0.325 e. The standard InChI is InChI=1S/C18H17N3O4S/c1-24-12-9-7-11(8-10-12)15(16(22)25-2)26-18-20-13-5-3-4-6-14(13)21(18)17(19)23/h3-10,15H,1-2H3,(H2,19,23). The largest absolute Gasteiger partial charge is 0.497 e. The van der Waals surface area contributed by atoms with E-state index in [-0.39, 0.29) is 0 Å². The Labute approximate surface area is 154 Å². The van der Waals surface area contributed by atoms with Crippen molar-refractivity contribution < 1.29 is 19.1 Å². The summed E-state index contributed by atoms with van der Waals surface area (Å²) in [5.41, 5.74) is 7.43. The van der Waals surface area contributed by atoms with E-state index in [1.165, 1.54) is 11.7 Å². The van der Waals surface area contributed by atoms with Crippen LogP contribution in [0.2, 0.25) is 0 Å². The van der Waals surface area contributed by atoms with Crippen LogP contribution in [-0.2, 0) is 9.53 Å². The van der Waals surface area contributed by atoms with Gasteiger partial charge < -0.3 is 15.2 Å². The minimum Gasteiger partial charge on any atom is -0.497 e. The Morgan fingerprint density at radius 2 is 1.81 bits per heavy atom. The number of thioether (sulfide) groups is 1. The van der Waals surface area contributed by atoms with Crippen molar-refractivity contribution in [1.82, 2.24) is 9.55 Å². The average Bonchev–Trinajstić information content (AvgIpc) is 3.04. The highest BCUT2D eigenvalue weighted by molar-refractivity contribution is 8.00. The van der Waals surface area contributed by atoms with Gasteiger partial charge in [0, 0.05) is 0 Å². The van der Waals surface area contributed by atoms with Crippen LogP contribution < -0.4 is 10.5 Å². The number of amides is 1. The van der Waals surface area contributed by atoms with Crippen LogP contribution in [0.25, 0.3) is 11.0 Å². The lowest BCUT2D eigenvalue weighted by molar-refractivity contribution is -0.140. The fourth-order valence-electron chi connectivity index (χ4n) is 2.54. The van der Waals surface area contributed by atoms with E-state index in [1.54, 1.807) is 49.6 Å². The number of para-hydroxylation sites is 2. The van der Waals surface area contributed by atoms with Crippen molar-refractivity contribution in [3.8, 4) is 5.75 Å². The molecule has 3 aromatic rings. The number of methoxy groups -OCH3 is 2. The van der Waals surface area contributed by atoms with Crippen LogP contribution >= 0.6 is 11.8 Å². The number of esters is 1. The molecule has 0 bridgehead atoms. The van der Waals surface area contributed by atoms with Gasteiger partial charge in [0.25, 0.3) is 0 Å². The first-order valence-corrected chi connectivity index (χ1v) is 8.59. The predicted octanol–water partition coefficient (Wildman–Crippen LogP) is 2.98. The molecule has 0 spiro atoms. The summed E-state index contributed by atoms with van der Waals surface area (Å²) in [5.74, 6) is 0.218. The molecular weight excluding hydrogens is 354 g/mol. The van der Waals surface area contributed by atoms with E-state index >= 15 is 0 Å². The highest BCUT2D eigenvalue weighted by Gasteiger charge is 2.27. The summed E-state index contributed by atoms with van der Waals surface area (Å²) in [5, 5.41) is -0.384. The molecule has 26 heavy (non-hydrogen) atoms. The zero-order valence-corrected chi connectivity index (χ0v) is 15.0. The Kier molecular flexibility index (Phi) is 5.13. The van der Waals surface area contributed by atoms with Crippen LogP contribution in [0, 0.1) is 0 Å². The number of nitrogens with zero attached hydrogens (tertiary/aromatic N) is 2. The number of aromatic nitrogens is 2. The number of ether oxygens (including phenoxy) is 2. The molecule has 8 heteroatoms. The number of carbonyl (C=O) groups excluding carboxylic acids is 2. The van der Waals surface area contributed by atoms with Crippen LogP contribution in [0.3, 0.4) is 0 Å². The molecule has 1 amide bonds. The lowest BCUT2D eigenvalue weighted by Gasteiger charge is -2.15. The number of nitrogens with two attached hydrogens (primary N) is 1. The van der Waals surface area contributed by atoms with Crippen LogP contribution in [0.5, 0.6) is 5.75 Å². The average molecular weight is 371 g/mol. The van der Waals surface area contributed by atoms with Gasteiger partial charge >= 0.3 is 12.0 Å². The summed E-state index contributed by atoms with van der Waals surface area (Å²) >= 11 is 1.10. The Morgan fingerprint density at radius 1 is 1.12 bits per heavy atom. The molecular formula is C18H17N3O4S. The summed E-state index contributed by atoms with van der Waals surface area (Å²) in [6.45, 7) is 0. The first-order chi connectivity index (χ1) is 12.5. The molecule has 0 saturated heterocycles. The number of rotatable bonds is 5. The molecule has 0 fully saturated rings. The molecule has 0 aliphatic heterocycles. The summed E-state index contributed by atoms with van der Waals surface area (Å²) in [6.07, 6.45) is 0. The SMILES string of the molecule is COC(=O)C(Sc1nc2ccccc2n1C(N)=O)c1ccc(OC)cc1. The normalized spacial score (nSPS) is 11.9. The quantitative estimate of drug-likeness (QED) is 0.547. The van der Waals surface area contributed by atoms with E-state index in [0.717, 1.165) is 11.8 Å². The van der Waals surface area contributed by atoms with Gasteiger partial charge in [-0.2, -0.15) is 0 Å². The first kappa shape index (κ1) is 17.8. The molecule has 2 aromatic carbocycles. The topological polar surface area (TPSA) is 96.4 Å². The second-order valence-electron chi connectivity index (χ2n) is 5.35. The molecule has 7 nitrogen and oxygen atoms in total. The molecule has 0 saturated carbocycles. The van der Waals surface area contributed by atoms with Gasteiger partial charge in [0.2, 0.25) is 0 Å². The fraction of sp³-hybridized carbons (Fsp3) is 0.167. The van der Waals surface area contributed by atoms with Crippen molar-refractivity contribution in [3.63, 3.8) is 0 Å². The highest BCUT2D eigenvalue weighted by atomic mass is 32.2. The van der Waals surface area contributed by atoms with Crippen molar-refractivity contribution in [1.29, 1.82) is 0 Å². The van der Waals surface area contributed by atoms with Crippen molar-refractivity contribution in [2.75, 3.05) is 14.2 Å². The molecule has 1 atom stereocenters. The van der Waals surface area contributed by atoms with E-state index in [1.807, 2.05) is 6.07 Å². The van der Waals surface area contributed by atoms with Gasteiger partial charge in [-0.25, -0.2) is 14.3 Å². The zero-order valence-electron chi connectivity index (χ0n) is 14.2. The molecule has 1 unspecified atom stereocenters. The third-order valence-corrected chi connectivity index (χ3v) is 4.99. The van der Waals surface area contributed by atoms with Gasteiger partial charge in [-0.05, 0) is 29.8 Å². The Bertz CT molecular complexity index is 953. The van der Waals surface area contributed by atoms with Crippen molar-refractivity contribution >= 4 is 34.8 Å². The van der Waals surface area contributed by atoms with Crippen LogP contribution in [0.4, 0.5) is 4.79 Å². The van der Waals surface area contributed by atoms with Crippen molar-refractivity contribution in [2.24, 2.45) is 5.73 Å². The molecule has 1 heterocycles. The summed E-state index contributed by atoms with van der Waals surface area (Å²) in [6, 6.07) is 13.5. The lowest BCUT2D eigenvalue weighted by atomic mass is 10.1. The first-order valence-electron chi connectivity index (χ1n) is 7.71. The maximum Gasteiger partial charge on any atom is 0.325 e. The van der Waals surface area contributed by atoms with E-state index in [0.29, 0.717) is 27.5 Å². The number of hydrogen-bond acceptors (Lipinski definition) is 6. The molecule has 3 rings (SSSR count). The van der Waals surface area contributed by atoms with Crippen molar-refractivity contribution in [2.45, 2.75) is 10.4 Å². The third kappa shape index (κ3) is 3.36. The monoisotopic (exact) mass is 371 g/mol. The zero-order chi connectivity index (χ0) is 18.7. The molecule has 2 N–H and O–H groups in total. The Morgan fingerprint density at radius 3 is 2.42 bits per heavy atom. The summed E-state index contributed by atoms with van der Waals surface area (Å²) < 4.78 is 11.4. The van der Waals surface area contributed by atoms with Crippen molar-refractivity contribution in [3.05, 3.63) is 54.1 Å². The highest BCUT2D eigenvalue weighted by Crippen LogP contribution is 2.37. The fourth-order valence-corrected chi connectivity index (χ4v) is 3.68. The van der Waals surface area contributed by atoms with Gasteiger partial charge in [0.15, 0.2) is 5.16 Å². The van der Waals surface area contributed by atoms with Crippen LogP contribution in [0.15, 0.2) is 53.7 Å². The summed E-state index contributed by atoms with van der Waals surface area (Å²) in [7, 11) is 2.88.